The predicted octanol–water partition coefficient (Wildman–Crippen LogP) is 17.5. The molecule has 9 nitrogen and oxygen atoms in total. The summed E-state index contributed by atoms with van der Waals surface area (Å²) in [6, 6.07) is 0. The molecule has 1 N–H and O–H groups in total. The van der Waals surface area contributed by atoms with Crippen molar-refractivity contribution < 1.29 is 42.9 Å². The molecule has 2 unspecified atom stereocenters. The monoisotopic (exact) mass is 1030 g/mol. The Hall–Kier alpha value is -4.05. The van der Waals surface area contributed by atoms with Gasteiger partial charge in [0.25, 0.3) is 6.29 Å². The van der Waals surface area contributed by atoms with Crippen LogP contribution in [0, 0.1) is 0 Å². The van der Waals surface area contributed by atoms with Crippen LogP contribution in [0.4, 0.5) is 0 Å². The summed E-state index contributed by atoms with van der Waals surface area (Å²) < 4.78 is 22.8. The van der Waals surface area contributed by atoms with E-state index in [2.05, 4.69) is 123 Å². The Morgan fingerprint density at radius 2 is 0.770 bits per heavy atom. The van der Waals surface area contributed by atoms with Gasteiger partial charge in [0.05, 0.1) is 34.4 Å². The van der Waals surface area contributed by atoms with Crippen molar-refractivity contribution in [2.45, 2.75) is 238 Å². The van der Waals surface area contributed by atoms with Gasteiger partial charge in [0.1, 0.15) is 13.2 Å². The third-order valence-electron chi connectivity index (χ3n) is 12.2. The van der Waals surface area contributed by atoms with E-state index in [1.807, 2.05) is 21.1 Å². The van der Waals surface area contributed by atoms with Crippen molar-refractivity contribution in [3.63, 3.8) is 0 Å². The maximum absolute atomic E-state index is 12.8. The lowest BCUT2D eigenvalue weighted by molar-refractivity contribution is -0.870. The van der Waals surface area contributed by atoms with Gasteiger partial charge >= 0.3 is 17.9 Å². The van der Waals surface area contributed by atoms with E-state index in [-0.39, 0.29) is 38.6 Å². The number of allylic oxidation sites excluding steroid dienone is 18. The lowest BCUT2D eigenvalue weighted by atomic mass is 10.0. The Labute approximate surface area is 454 Å². The van der Waals surface area contributed by atoms with Crippen LogP contribution in [0.15, 0.2) is 109 Å². The van der Waals surface area contributed by atoms with Crippen LogP contribution in [0.5, 0.6) is 0 Å². The van der Waals surface area contributed by atoms with Crippen LogP contribution < -0.4 is 0 Å². The number of esters is 2. The quantitative estimate of drug-likeness (QED) is 0.0211. The molecule has 0 aromatic rings. The Morgan fingerprint density at radius 1 is 0.419 bits per heavy atom. The van der Waals surface area contributed by atoms with Crippen LogP contribution in [0.1, 0.15) is 226 Å². The second kappa shape index (κ2) is 55.2. The molecule has 0 spiro atoms. The fraction of sp³-hybridized carbons (Fsp3) is 0.677. The SMILES string of the molecule is CC/C=C\C/C=C\C/C=C\C/C=C\C/C=C\C/C=C\C/C=C\C/C=C\CCCCCCCCCCCCCCCCC(=O)OC(COC(=O)CCCCCCC/C=C\CCC)COC(OCC[N+](C)(C)C)C(=O)O. The number of hydrogen-bond donors (Lipinski definition) is 1. The Bertz CT molecular complexity index is 1580. The van der Waals surface area contributed by atoms with E-state index in [4.69, 9.17) is 18.9 Å². The molecule has 0 bridgehead atoms. The average Bonchev–Trinajstić information content (AvgIpc) is 3.37. The number of carboxylic acids is 1. The molecule has 0 amide bonds. The van der Waals surface area contributed by atoms with Crippen LogP contribution >= 0.6 is 0 Å². The summed E-state index contributed by atoms with van der Waals surface area (Å²) >= 11 is 0. The van der Waals surface area contributed by atoms with Crippen molar-refractivity contribution in [2.75, 3.05) is 47.5 Å². The van der Waals surface area contributed by atoms with Crippen LogP contribution in [0.3, 0.4) is 0 Å². The number of nitrogens with zero attached hydrogens (tertiary/aromatic N) is 1. The molecule has 0 rings (SSSR count). The van der Waals surface area contributed by atoms with Crippen molar-refractivity contribution in [3.8, 4) is 0 Å². The number of aliphatic carboxylic acids is 1. The van der Waals surface area contributed by atoms with Gasteiger partial charge in [0.2, 0.25) is 0 Å². The molecule has 0 aliphatic rings. The number of unbranched alkanes of at least 4 members (excludes halogenated alkanes) is 20. The summed E-state index contributed by atoms with van der Waals surface area (Å²) in [7, 11) is 5.95. The molecule has 74 heavy (non-hydrogen) atoms. The van der Waals surface area contributed by atoms with Gasteiger partial charge in [-0.1, -0.05) is 226 Å². The van der Waals surface area contributed by atoms with E-state index in [1.165, 1.54) is 77.0 Å². The molecule has 0 fully saturated rings. The number of carbonyl (C=O) groups is 3. The maximum atomic E-state index is 12.8. The Morgan fingerprint density at radius 3 is 1.16 bits per heavy atom. The van der Waals surface area contributed by atoms with Gasteiger partial charge in [-0.15, -0.1) is 0 Å². The molecule has 9 heteroatoms. The minimum absolute atomic E-state index is 0.183. The van der Waals surface area contributed by atoms with Gasteiger partial charge in [-0.25, -0.2) is 4.79 Å². The molecule has 0 aromatic heterocycles. The van der Waals surface area contributed by atoms with Crippen molar-refractivity contribution >= 4 is 17.9 Å². The van der Waals surface area contributed by atoms with Crippen molar-refractivity contribution in [2.24, 2.45) is 0 Å². The summed E-state index contributed by atoms with van der Waals surface area (Å²) in [6.45, 7) is 4.67. The summed E-state index contributed by atoms with van der Waals surface area (Å²) in [4.78, 5) is 37.2. The maximum Gasteiger partial charge on any atom is 0.361 e. The van der Waals surface area contributed by atoms with Crippen LogP contribution in [0.2, 0.25) is 0 Å². The lowest BCUT2D eigenvalue weighted by Gasteiger charge is -2.25. The standard InChI is InChI=1S/C65H109NO8/c1-6-8-10-12-14-16-18-19-20-21-22-23-24-25-26-27-28-29-30-31-32-33-34-35-36-37-38-39-40-41-42-43-44-45-46-48-50-52-54-56-63(68)74-61(60-73-65(64(69)70)71-58-57-66(3,4)5)59-72-62(67)55-53-51-49-47-17-15-13-11-9-7-2/h8,10-11,13-14,16,19-20,22-23,25-26,28-29,31-32,34-35,61,65H,6-7,9,12,15,17-18,21,24,27,30,33,36-60H2,1-5H3/p+1/b10-8-,13-11-,16-14-,20-19-,23-22-,26-25-,29-28-,32-31-,35-34-. The van der Waals surface area contributed by atoms with Crippen molar-refractivity contribution in [1.29, 1.82) is 0 Å². The zero-order valence-electron chi connectivity index (χ0n) is 48.0. The third kappa shape index (κ3) is 55.7. The first kappa shape index (κ1) is 70.0. The molecule has 0 aromatic carbocycles. The number of rotatable bonds is 53. The second-order valence-electron chi connectivity index (χ2n) is 20.6. The average molecular weight is 1030 g/mol. The highest BCUT2D eigenvalue weighted by Gasteiger charge is 2.25. The zero-order valence-corrected chi connectivity index (χ0v) is 48.0. The molecule has 0 aliphatic carbocycles. The molecule has 0 heterocycles. The smallest absolute Gasteiger partial charge is 0.361 e. The van der Waals surface area contributed by atoms with Gasteiger partial charge in [0.15, 0.2) is 6.10 Å². The first-order valence-corrected chi connectivity index (χ1v) is 29.6. The van der Waals surface area contributed by atoms with Crippen molar-refractivity contribution in [3.05, 3.63) is 109 Å². The summed E-state index contributed by atoms with van der Waals surface area (Å²) in [6.07, 6.45) is 73.4. The second-order valence-corrected chi connectivity index (χ2v) is 20.6. The lowest BCUT2D eigenvalue weighted by Crippen LogP contribution is -2.40. The van der Waals surface area contributed by atoms with E-state index in [0.717, 1.165) is 116 Å². The highest BCUT2D eigenvalue weighted by Crippen LogP contribution is 2.15. The minimum atomic E-state index is -1.51. The largest absolute Gasteiger partial charge is 0.477 e. The van der Waals surface area contributed by atoms with Gasteiger partial charge in [-0.3, -0.25) is 9.59 Å². The van der Waals surface area contributed by atoms with Crippen LogP contribution in [-0.4, -0.2) is 87.4 Å². The highest BCUT2D eigenvalue weighted by molar-refractivity contribution is 5.71. The van der Waals surface area contributed by atoms with Crippen molar-refractivity contribution in [1.82, 2.24) is 0 Å². The van der Waals surface area contributed by atoms with Gasteiger partial charge < -0.3 is 28.5 Å². The molecular formula is C65H110NO8+. The number of carboxylic acid groups (broad SMARTS) is 1. The predicted molar refractivity (Wildman–Crippen MR) is 313 cm³/mol. The van der Waals surface area contributed by atoms with E-state index in [1.54, 1.807) is 0 Å². The Balaban J connectivity index is 4.04. The zero-order chi connectivity index (χ0) is 54.1. The van der Waals surface area contributed by atoms with E-state index in [0.29, 0.717) is 17.4 Å². The van der Waals surface area contributed by atoms with E-state index < -0.39 is 24.3 Å². The number of carbonyl (C=O) groups excluding carboxylic acids is 2. The fourth-order valence-electron chi connectivity index (χ4n) is 7.74. The first-order chi connectivity index (χ1) is 36.1. The molecule has 0 radical (unpaired) electrons. The molecular weight excluding hydrogens is 923 g/mol. The molecule has 422 valence electrons. The molecule has 0 saturated carbocycles. The molecule has 0 saturated heterocycles. The van der Waals surface area contributed by atoms with E-state index >= 15 is 0 Å². The Kier molecular flexibility index (Phi) is 52.2. The number of quaternary nitrogens is 1. The van der Waals surface area contributed by atoms with Crippen LogP contribution in [-0.2, 0) is 33.3 Å². The van der Waals surface area contributed by atoms with Crippen LogP contribution in [0.25, 0.3) is 0 Å². The normalized spacial score (nSPS) is 13.6. The summed E-state index contributed by atoms with van der Waals surface area (Å²) in [5.74, 6) is -2.03. The third-order valence-corrected chi connectivity index (χ3v) is 12.2. The fourth-order valence-corrected chi connectivity index (χ4v) is 7.74. The van der Waals surface area contributed by atoms with Gasteiger partial charge in [-0.05, 0) is 96.3 Å². The van der Waals surface area contributed by atoms with E-state index in [9.17, 15) is 19.5 Å². The minimum Gasteiger partial charge on any atom is -0.477 e. The highest BCUT2D eigenvalue weighted by atomic mass is 16.7. The first-order valence-electron chi connectivity index (χ1n) is 29.6. The topological polar surface area (TPSA) is 108 Å². The molecule has 0 aliphatic heterocycles. The summed E-state index contributed by atoms with van der Waals surface area (Å²) in [5.41, 5.74) is 0. The summed E-state index contributed by atoms with van der Waals surface area (Å²) in [5, 5.41) is 9.67. The number of likely N-dealkylation sites (N-methyl/N-ethyl adjacent to an activating group) is 1. The molecule has 2 atom stereocenters. The number of ether oxygens (including phenoxy) is 4. The van der Waals surface area contributed by atoms with Gasteiger partial charge in [0, 0.05) is 12.8 Å². The number of hydrogen-bond acceptors (Lipinski definition) is 7. The van der Waals surface area contributed by atoms with Gasteiger partial charge in [-0.2, -0.15) is 0 Å².